The van der Waals surface area contributed by atoms with Gasteiger partial charge < -0.3 is 5.32 Å². The maximum atomic E-state index is 3.42. The van der Waals surface area contributed by atoms with Crippen molar-refractivity contribution in [1.82, 2.24) is 5.32 Å². The summed E-state index contributed by atoms with van der Waals surface area (Å²) in [6, 6.07) is 0. The molecule has 0 aromatic heterocycles. The van der Waals surface area contributed by atoms with Crippen molar-refractivity contribution in [2.75, 3.05) is 13.1 Å². The monoisotopic (exact) mass is 227 g/mol. The molecule has 0 amide bonds. The van der Waals surface area contributed by atoms with Crippen LogP contribution in [-0.2, 0) is 0 Å². The van der Waals surface area contributed by atoms with Gasteiger partial charge in [-0.05, 0) is 45.7 Å². The Morgan fingerprint density at radius 1 is 1.00 bits per heavy atom. The summed E-state index contributed by atoms with van der Waals surface area (Å²) < 4.78 is 0. The highest BCUT2D eigenvalue weighted by Crippen LogP contribution is 2.22. The molecule has 0 spiro atoms. The fraction of sp³-hybridized carbons (Fsp3) is 0.867. The summed E-state index contributed by atoms with van der Waals surface area (Å²) in [6.07, 6.45) is 11.3. The van der Waals surface area contributed by atoms with Crippen molar-refractivity contribution in [3.63, 3.8) is 0 Å². The minimum atomic E-state index is 0.994. The van der Waals surface area contributed by atoms with Crippen LogP contribution in [0.3, 0.4) is 0 Å². The Morgan fingerprint density at radius 2 is 1.50 bits per heavy atom. The van der Waals surface area contributed by atoms with Crippen LogP contribution in [0.15, 0.2) is 12.2 Å². The molecule has 0 aliphatic heterocycles. The Bertz CT molecular complexity index is 119. The summed E-state index contributed by atoms with van der Waals surface area (Å²) in [5.41, 5.74) is 0. The van der Waals surface area contributed by atoms with E-state index in [-0.39, 0.29) is 0 Å². The maximum absolute atomic E-state index is 3.42. The molecular formula is C15H33N. The van der Waals surface area contributed by atoms with E-state index in [4.69, 9.17) is 0 Å². The van der Waals surface area contributed by atoms with Crippen LogP contribution in [0.1, 0.15) is 66.7 Å². The highest BCUT2D eigenvalue weighted by atomic mass is 14.8. The molecule has 0 bridgehead atoms. The average Bonchev–Trinajstić information content (AvgIpc) is 2.40. The van der Waals surface area contributed by atoms with Crippen LogP contribution >= 0.6 is 0 Å². The molecule has 0 aromatic rings. The van der Waals surface area contributed by atoms with Gasteiger partial charge in [0, 0.05) is 0 Å². The molecule has 1 aliphatic carbocycles. The van der Waals surface area contributed by atoms with Crippen LogP contribution in [0, 0.1) is 5.92 Å². The van der Waals surface area contributed by atoms with E-state index in [2.05, 4.69) is 12.2 Å². The largest absolute Gasteiger partial charge is 0.317 e. The number of hydrogen-bond acceptors (Lipinski definition) is 1. The zero-order chi connectivity index (χ0) is 12.6. The van der Waals surface area contributed by atoms with E-state index in [0.29, 0.717) is 0 Å². The SMILES string of the molecule is C/C=C\C.CC.CCNCC1CCCCC1. The summed E-state index contributed by atoms with van der Waals surface area (Å²) in [7, 11) is 0. The molecule has 1 fully saturated rings. The van der Waals surface area contributed by atoms with Gasteiger partial charge in [-0.15, -0.1) is 0 Å². The number of allylic oxidation sites excluding steroid dienone is 2. The van der Waals surface area contributed by atoms with E-state index >= 15 is 0 Å². The molecule has 1 heteroatoms. The molecule has 0 saturated heterocycles. The molecule has 1 N–H and O–H groups in total. The maximum Gasteiger partial charge on any atom is -0.00206 e. The molecule has 1 rings (SSSR count). The van der Waals surface area contributed by atoms with Gasteiger partial charge >= 0.3 is 0 Å². The first-order valence-electron chi connectivity index (χ1n) is 7.13. The predicted octanol–water partition coefficient (Wildman–Crippen LogP) is 4.78. The molecule has 1 saturated carbocycles. The summed E-state index contributed by atoms with van der Waals surface area (Å²) in [5, 5.41) is 3.42. The van der Waals surface area contributed by atoms with Crippen molar-refractivity contribution in [3.05, 3.63) is 12.2 Å². The Kier molecular flexibility index (Phi) is 19.3. The van der Waals surface area contributed by atoms with Gasteiger partial charge in [0.05, 0.1) is 0 Å². The van der Waals surface area contributed by atoms with Crippen LogP contribution in [0.2, 0.25) is 0 Å². The fourth-order valence-corrected chi connectivity index (χ4v) is 1.74. The molecule has 16 heavy (non-hydrogen) atoms. The lowest BCUT2D eigenvalue weighted by molar-refractivity contribution is 0.345. The second-order valence-corrected chi connectivity index (χ2v) is 3.98. The highest BCUT2D eigenvalue weighted by Gasteiger charge is 2.11. The minimum absolute atomic E-state index is 0.994. The van der Waals surface area contributed by atoms with Gasteiger partial charge in [0.2, 0.25) is 0 Å². The van der Waals surface area contributed by atoms with Crippen molar-refractivity contribution < 1.29 is 0 Å². The zero-order valence-electron chi connectivity index (χ0n) is 12.2. The third kappa shape index (κ3) is 13.7. The lowest BCUT2D eigenvalue weighted by Crippen LogP contribution is -2.23. The Morgan fingerprint density at radius 3 is 1.88 bits per heavy atom. The molecular weight excluding hydrogens is 194 g/mol. The van der Waals surface area contributed by atoms with Crippen LogP contribution in [-0.4, -0.2) is 13.1 Å². The fourth-order valence-electron chi connectivity index (χ4n) is 1.74. The van der Waals surface area contributed by atoms with Crippen molar-refractivity contribution >= 4 is 0 Å². The first-order valence-corrected chi connectivity index (χ1v) is 7.13. The normalized spacial score (nSPS) is 16.1. The number of rotatable bonds is 3. The Hall–Kier alpha value is -0.300. The van der Waals surface area contributed by atoms with Gasteiger partial charge in [0.1, 0.15) is 0 Å². The molecule has 0 radical (unpaired) electrons. The van der Waals surface area contributed by atoms with Crippen LogP contribution in [0.4, 0.5) is 0 Å². The lowest BCUT2D eigenvalue weighted by Gasteiger charge is -2.21. The minimum Gasteiger partial charge on any atom is -0.317 e. The predicted molar refractivity (Wildman–Crippen MR) is 77.0 cm³/mol. The van der Waals surface area contributed by atoms with Gasteiger partial charge in [-0.2, -0.15) is 0 Å². The van der Waals surface area contributed by atoms with Crippen LogP contribution < -0.4 is 5.32 Å². The molecule has 98 valence electrons. The standard InChI is InChI=1S/C9H19N.C4H8.C2H6/c1-2-10-8-9-6-4-3-5-7-9;1-3-4-2;1-2/h9-10H,2-8H2,1H3;3-4H,1-2H3;1-2H3/b;4-3-;. The summed E-state index contributed by atoms with van der Waals surface area (Å²) in [6.45, 7) is 12.6. The first kappa shape index (κ1) is 18.1. The molecule has 0 heterocycles. The molecule has 1 aliphatic rings. The van der Waals surface area contributed by atoms with Crippen LogP contribution in [0.25, 0.3) is 0 Å². The summed E-state index contributed by atoms with van der Waals surface area (Å²) >= 11 is 0. The van der Waals surface area contributed by atoms with E-state index in [1.165, 1.54) is 38.6 Å². The molecule has 1 nitrogen and oxygen atoms in total. The number of nitrogens with one attached hydrogen (secondary N) is 1. The van der Waals surface area contributed by atoms with Crippen molar-refractivity contribution in [2.24, 2.45) is 5.92 Å². The zero-order valence-corrected chi connectivity index (χ0v) is 12.2. The van der Waals surface area contributed by atoms with Gasteiger partial charge in [0.25, 0.3) is 0 Å². The third-order valence-electron chi connectivity index (χ3n) is 2.74. The topological polar surface area (TPSA) is 12.0 Å². The van der Waals surface area contributed by atoms with Gasteiger partial charge in [-0.1, -0.05) is 52.2 Å². The van der Waals surface area contributed by atoms with E-state index < -0.39 is 0 Å². The van der Waals surface area contributed by atoms with E-state index in [0.717, 1.165) is 12.5 Å². The molecule has 0 unspecified atom stereocenters. The molecule has 0 aromatic carbocycles. The summed E-state index contributed by atoms with van der Waals surface area (Å²) in [4.78, 5) is 0. The quantitative estimate of drug-likeness (QED) is 0.684. The highest BCUT2D eigenvalue weighted by molar-refractivity contribution is 4.68. The Balaban J connectivity index is 0. The van der Waals surface area contributed by atoms with E-state index in [1.54, 1.807) is 0 Å². The number of hydrogen-bond donors (Lipinski definition) is 1. The van der Waals surface area contributed by atoms with Gasteiger partial charge in [-0.3, -0.25) is 0 Å². The van der Waals surface area contributed by atoms with E-state index in [1.807, 2.05) is 39.8 Å². The van der Waals surface area contributed by atoms with Gasteiger partial charge in [0.15, 0.2) is 0 Å². The lowest BCUT2D eigenvalue weighted by atomic mass is 9.89. The van der Waals surface area contributed by atoms with Crippen LogP contribution in [0.5, 0.6) is 0 Å². The first-order chi connectivity index (χ1) is 7.85. The Labute approximate surface area is 104 Å². The smallest absolute Gasteiger partial charge is 0.00206 e. The van der Waals surface area contributed by atoms with Gasteiger partial charge in [-0.25, -0.2) is 0 Å². The van der Waals surface area contributed by atoms with Crippen molar-refractivity contribution in [2.45, 2.75) is 66.7 Å². The summed E-state index contributed by atoms with van der Waals surface area (Å²) in [5.74, 6) is 0.994. The second-order valence-electron chi connectivity index (χ2n) is 3.98. The van der Waals surface area contributed by atoms with E-state index in [9.17, 15) is 0 Å². The third-order valence-corrected chi connectivity index (χ3v) is 2.74. The second kappa shape index (κ2) is 17.1. The van der Waals surface area contributed by atoms with Crippen molar-refractivity contribution in [3.8, 4) is 0 Å². The average molecular weight is 227 g/mol. The molecule has 0 atom stereocenters. The van der Waals surface area contributed by atoms with Crippen molar-refractivity contribution in [1.29, 1.82) is 0 Å².